The van der Waals surface area contributed by atoms with Crippen LogP contribution >= 0.6 is 38.6 Å². The Hall–Kier alpha value is -0.390. The molecular formula is C14H18BrNOS2. The van der Waals surface area contributed by atoms with Gasteiger partial charge in [0.15, 0.2) is 0 Å². The molecule has 2 aromatic heterocycles. The summed E-state index contributed by atoms with van der Waals surface area (Å²) in [4.78, 5) is 13.2. The zero-order valence-corrected chi connectivity index (χ0v) is 14.5. The third-order valence-electron chi connectivity index (χ3n) is 2.68. The van der Waals surface area contributed by atoms with E-state index in [9.17, 15) is 4.79 Å². The van der Waals surface area contributed by atoms with Crippen molar-refractivity contribution in [1.29, 1.82) is 0 Å². The van der Waals surface area contributed by atoms with E-state index in [-0.39, 0.29) is 11.3 Å². The Morgan fingerprint density at radius 3 is 2.79 bits per heavy atom. The third-order valence-corrected chi connectivity index (χ3v) is 5.42. The van der Waals surface area contributed by atoms with E-state index in [2.05, 4.69) is 53.5 Å². The van der Waals surface area contributed by atoms with E-state index in [1.165, 1.54) is 9.40 Å². The van der Waals surface area contributed by atoms with Crippen molar-refractivity contribution in [2.24, 2.45) is 5.41 Å². The number of fused-ring (bicyclic) bond motifs is 1. The van der Waals surface area contributed by atoms with Gasteiger partial charge in [0.25, 0.3) is 5.91 Å². The summed E-state index contributed by atoms with van der Waals surface area (Å²) in [6.45, 7) is 7.28. The molecule has 0 fully saturated rings. The van der Waals surface area contributed by atoms with Gasteiger partial charge in [0.1, 0.15) is 0 Å². The first-order valence-electron chi connectivity index (χ1n) is 6.24. The van der Waals surface area contributed by atoms with Crippen LogP contribution in [0.4, 0.5) is 0 Å². The Labute approximate surface area is 130 Å². The average molecular weight is 360 g/mol. The Bertz CT molecular complexity index is 539. The summed E-state index contributed by atoms with van der Waals surface area (Å²) in [6, 6.07) is 4.04. The number of alkyl halides is 1. The van der Waals surface area contributed by atoms with Crippen molar-refractivity contribution < 1.29 is 4.79 Å². The van der Waals surface area contributed by atoms with Crippen molar-refractivity contribution in [2.45, 2.75) is 32.0 Å². The molecule has 0 spiro atoms. The SMILES string of the molecule is CC(C)(C)CC(Br)CNC(=O)c1cc2sccc2s1. The fraction of sp³-hybridized carbons (Fsp3) is 0.500. The number of nitrogens with one attached hydrogen (secondary N) is 1. The summed E-state index contributed by atoms with van der Waals surface area (Å²) in [7, 11) is 0. The Balaban J connectivity index is 1.89. The van der Waals surface area contributed by atoms with Gasteiger partial charge in [0.2, 0.25) is 0 Å². The zero-order valence-electron chi connectivity index (χ0n) is 11.3. The summed E-state index contributed by atoms with van der Waals surface area (Å²) < 4.78 is 2.39. The summed E-state index contributed by atoms with van der Waals surface area (Å²) >= 11 is 6.87. The number of carbonyl (C=O) groups excluding carboxylic acids is 1. The maximum absolute atomic E-state index is 12.1. The van der Waals surface area contributed by atoms with E-state index in [1.807, 2.05) is 6.07 Å². The summed E-state index contributed by atoms with van der Waals surface area (Å²) in [6.07, 6.45) is 1.03. The molecule has 0 aliphatic rings. The molecule has 2 aromatic rings. The van der Waals surface area contributed by atoms with Gasteiger partial charge in [0.05, 0.1) is 4.88 Å². The van der Waals surface area contributed by atoms with E-state index >= 15 is 0 Å². The topological polar surface area (TPSA) is 29.1 Å². The highest BCUT2D eigenvalue weighted by Gasteiger charge is 2.18. The van der Waals surface area contributed by atoms with Gasteiger partial charge in [-0.05, 0) is 29.3 Å². The molecule has 1 unspecified atom stereocenters. The largest absolute Gasteiger partial charge is 0.350 e. The molecule has 2 nitrogen and oxygen atoms in total. The van der Waals surface area contributed by atoms with Crippen molar-refractivity contribution in [3.05, 3.63) is 22.4 Å². The predicted molar refractivity (Wildman–Crippen MR) is 88.8 cm³/mol. The van der Waals surface area contributed by atoms with Crippen LogP contribution in [0.5, 0.6) is 0 Å². The standard InChI is InChI=1S/C14H18BrNOS2/c1-14(2,3)7-9(15)8-16-13(17)12-6-11-10(19-12)4-5-18-11/h4-6,9H,7-8H2,1-3H3,(H,16,17). The molecule has 2 heterocycles. The van der Waals surface area contributed by atoms with E-state index in [0.29, 0.717) is 11.4 Å². The number of hydrogen-bond acceptors (Lipinski definition) is 3. The summed E-state index contributed by atoms with van der Waals surface area (Å²) in [5.74, 6) is 0.0340. The molecule has 0 saturated carbocycles. The van der Waals surface area contributed by atoms with Crippen LogP contribution in [0.2, 0.25) is 0 Å². The second kappa shape index (κ2) is 5.94. The van der Waals surface area contributed by atoms with Crippen LogP contribution in [0.1, 0.15) is 36.9 Å². The molecule has 19 heavy (non-hydrogen) atoms. The fourth-order valence-electron chi connectivity index (χ4n) is 1.90. The fourth-order valence-corrected chi connectivity index (χ4v) is 5.06. The van der Waals surface area contributed by atoms with Gasteiger partial charge in [-0.1, -0.05) is 36.7 Å². The van der Waals surface area contributed by atoms with Crippen molar-refractivity contribution in [3.8, 4) is 0 Å². The molecule has 1 N–H and O–H groups in total. The van der Waals surface area contributed by atoms with Gasteiger partial charge >= 0.3 is 0 Å². The molecule has 0 aromatic carbocycles. The van der Waals surface area contributed by atoms with Gasteiger partial charge in [0, 0.05) is 20.8 Å². The lowest BCUT2D eigenvalue weighted by Gasteiger charge is -2.22. The van der Waals surface area contributed by atoms with E-state index < -0.39 is 0 Å². The third kappa shape index (κ3) is 4.29. The maximum atomic E-state index is 12.1. The van der Waals surface area contributed by atoms with Crippen LogP contribution in [-0.2, 0) is 0 Å². The second-order valence-electron chi connectivity index (χ2n) is 5.83. The Kier molecular flexibility index (Phi) is 4.69. The van der Waals surface area contributed by atoms with E-state index in [1.54, 1.807) is 22.7 Å². The number of rotatable bonds is 4. The molecular weight excluding hydrogens is 342 g/mol. The average Bonchev–Trinajstić information content (AvgIpc) is 2.83. The number of thiophene rings is 2. The highest BCUT2D eigenvalue weighted by atomic mass is 79.9. The Morgan fingerprint density at radius 1 is 1.42 bits per heavy atom. The molecule has 0 radical (unpaired) electrons. The molecule has 104 valence electrons. The molecule has 5 heteroatoms. The first-order valence-corrected chi connectivity index (χ1v) is 8.86. The van der Waals surface area contributed by atoms with Crippen molar-refractivity contribution in [2.75, 3.05) is 6.54 Å². The quantitative estimate of drug-likeness (QED) is 0.773. The molecule has 1 amide bonds. The van der Waals surface area contributed by atoms with Gasteiger partial charge in [-0.25, -0.2) is 0 Å². The van der Waals surface area contributed by atoms with E-state index in [4.69, 9.17) is 0 Å². The molecule has 2 rings (SSSR count). The molecule has 1 atom stereocenters. The lowest BCUT2D eigenvalue weighted by atomic mass is 9.90. The molecule has 0 aliphatic carbocycles. The highest BCUT2D eigenvalue weighted by molar-refractivity contribution is 9.09. The number of amides is 1. The van der Waals surface area contributed by atoms with Crippen LogP contribution in [0.15, 0.2) is 17.5 Å². The molecule has 0 saturated heterocycles. The molecule has 0 bridgehead atoms. The monoisotopic (exact) mass is 359 g/mol. The molecule has 0 aliphatic heterocycles. The van der Waals surface area contributed by atoms with Crippen LogP contribution in [0.3, 0.4) is 0 Å². The normalized spacial score (nSPS) is 13.7. The van der Waals surface area contributed by atoms with Crippen molar-refractivity contribution in [3.63, 3.8) is 0 Å². The van der Waals surface area contributed by atoms with Crippen LogP contribution in [-0.4, -0.2) is 17.3 Å². The number of halogens is 1. The van der Waals surface area contributed by atoms with Crippen LogP contribution in [0, 0.1) is 5.41 Å². The van der Waals surface area contributed by atoms with Gasteiger partial charge in [-0.3, -0.25) is 4.79 Å². The minimum atomic E-state index is 0.0340. The van der Waals surface area contributed by atoms with Gasteiger partial charge in [-0.15, -0.1) is 22.7 Å². The van der Waals surface area contributed by atoms with Crippen LogP contribution in [0.25, 0.3) is 9.40 Å². The smallest absolute Gasteiger partial charge is 0.261 e. The Morgan fingerprint density at radius 2 is 2.16 bits per heavy atom. The van der Waals surface area contributed by atoms with Gasteiger partial charge in [-0.2, -0.15) is 0 Å². The maximum Gasteiger partial charge on any atom is 0.261 e. The number of carbonyl (C=O) groups is 1. The lowest BCUT2D eigenvalue weighted by Crippen LogP contribution is -2.30. The minimum absolute atomic E-state index is 0.0340. The second-order valence-corrected chi connectivity index (χ2v) is 9.16. The lowest BCUT2D eigenvalue weighted by molar-refractivity contribution is 0.0956. The summed E-state index contributed by atoms with van der Waals surface area (Å²) in [5, 5.41) is 5.06. The zero-order chi connectivity index (χ0) is 14.0. The van der Waals surface area contributed by atoms with E-state index in [0.717, 1.165) is 11.3 Å². The van der Waals surface area contributed by atoms with Gasteiger partial charge < -0.3 is 5.32 Å². The first kappa shape index (κ1) is 15.0. The van der Waals surface area contributed by atoms with Crippen LogP contribution < -0.4 is 5.32 Å². The van der Waals surface area contributed by atoms with Crippen molar-refractivity contribution in [1.82, 2.24) is 5.32 Å². The number of hydrogen-bond donors (Lipinski definition) is 1. The van der Waals surface area contributed by atoms with Crippen molar-refractivity contribution >= 4 is 53.9 Å². The highest BCUT2D eigenvalue weighted by Crippen LogP contribution is 2.30. The predicted octanol–water partition coefficient (Wildman–Crippen LogP) is 4.89. The minimum Gasteiger partial charge on any atom is -0.350 e. The summed E-state index contributed by atoms with van der Waals surface area (Å²) in [5.41, 5.74) is 0.268. The first-order chi connectivity index (χ1) is 8.85.